The fourth-order valence-electron chi connectivity index (χ4n) is 3.62. The van der Waals surface area contributed by atoms with Crippen molar-refractivity contribution in [1.29, 1.82) is 0 Å². The predicted molar refractivity (Wildman–Crippen MR) is 112 cm³/mol. The normalized spacial score (nSPS) is 14.0. The van der Waals surface area contributed by atoms with Gasteiger partial charge in [0.1, 0.15) is 5.75 Å². The van der Waals surface area contributed by atoms with E-state index in [9.17, 15) is 9.90 Å². The summed E-state index contributed by atoms with van der Waals surface area (Å²) in [6, 6.07) is 9.40. The molecule has 1 N–H and O–H groups in total. The second kappa shape index (κ2) is 8.31. The number of aliphatic carboxylic acids is 1. The summed E-state index contributed by atoms with van der Waals surface area (Å²) in [6.07, 6.45) is 1.95. The number of carboxylic acids is 1. The number of carbonyl (C=O) groups is 1. The number of hydrogen-bond acceptors (Lipinski definition) is 5. The average Bonchev–Trinajstić information content (AvgIpc) is 2.97. The quantitative estimate of drug-likeness (QED) is 0.742. The zero-order chi connectivity index (χ0) is 21.1. The van der Waals surface area contributed by atoms with Gasteiger partial charge in [-0.05, 0) is 70.7 Å². The Kier molecular flexibility index (Phi) is 5.82. The summed E-state index contributed by atoms with van der Waals surface area (Å²) < 4.78 is 21.7. The van der Waals surface area contributed by atoms with Gasteiger partial charge in [-0.25, -0.2) is 0 Å². The summed E-state index contributed by atoms with van der Waals surface area (Å²) >= 11 is 0. The molecule has 6 heteroatoms. The van der Waals surface area contributed by atoms with E-state index in [1.807, 2.05) is 43.3 Å². The van der Waals surface area contributed by atoms with Gasteiger partial charge < -0.3 is 24.1 Å². The van der Waals surface area contributed by atoms with Gasteiger partial charge in [-0.1, -0.05) is 6.07 Å². The van der Waals surface area contributed by atoms with Crippen LogP contribution in [0.5, 0.6) is 23.0 Å². The molecule has 1 aliphatic carbocycles. The molecule has 152 valence electrons. The summed E-state index contributed by atoms with van der Waals surface area (Å²) in [6.45, 7) is 1.94. The van der Waals surface area contributed by atoms with E-state index in [2.05, 4.69) is 0 Å². The highest BCUT2D eigenvalue weighted by atomic mass is 16.5. The van der Waals surface area contributed by atoms with Gasteiger partial charge in [-0.3, -0.25) is 4.79 Å². The van der Waals surface area contributed by atoms with Crippen molar-refractivity contribution >= 4 is 23.2 Å². The Hall–Kier alpha value is -3.41. The Labute approximate surface area is 170 Å². The lowest BCUT2D eigenvalue weighted by Gasteiger charge is -2.13. The zero-order valence-electron chi connectivity index (χ0n) is 17.2. The van der Waals surface area contributed by atoms with E-state index in [-0.39, 0.29) is 6.42 Å². The lowest BCUT2D eigenvalue weighted by molar-refractivity contribution is -0.135. The molecule has 0 aromatic heterocycles. The molecule has 0 radical (unpaired) electrons. The van der Waals surface area contributed by atoms with Crippen LogP contribution in [-0.2, 0) is 4.79 Å². The van der Waals surface area contributed by atoms with Gasteiger partial charge in [0.25, 0.3) is 0 Å². The minimum Gasteiger partial charge on any atom is -0.497 e. The van der Waals surface area contributed by atoms with E-state index in [4.69, 9.17) is 18.9 Å². The maximum Gasteiger partial charge on any atom is 0.307 e. The molecule has 2 aromatic carbocycles. The van der Waals surface area contributed by atoms with Crippen LogP contribution in [-0.4, -0.2) is 39.5 Å². The summed E-state index contributed by atoms with van der Waals surface area (Å²) in [4.78, 5) is 11.4. The number of methoxy groups -OCH3 is 4. The topological polar surface area (TPSA) is 74.2 Å². The smallest absolute Gasteiger partial charge is 0.307 e. The molecule has 0 spiro atoms. The number of ether oxygens (including phenoxy) is 4. The van der Waals surface area contributed by atoms with Crippen molar-refractivity contribution in [1.82, 2.24) is 0 Å². The number of allylic oxidation sites excluding steroid dienone is 2. The van der Waals surface area contributed by atoms with Crippen LogP contribution in [0, 0.1) is 0 Å². The molecule has 0 bridgehead atoms. The molecule has 0 fully saturated rings. The largest absolute Gasteiger partial charge is 0.497 e. The van der Waals surface area contributed by atoms with Crippen molar-refractivity contribution in [3.05, 3.63) is 52.6 Å². The Balaban J connectivity index is 2.20. The van der Waals surface area contributed by atoms with Crippen LogP contribution in [0.2, 0.25) is 0 Å². The summed E-state index contributed by atoms with van der Waals surface area (Å²) in [5, 5.41) is 9.36. The van der Waals surface area contributed by atoms with E-state index < -0.39 is 5.97 Å². The van der Waals surface area contributed by atoms with Crippen LogP contribution in [0.15, 0.2) is 35.9 Å². The first-order valence-corrected chi connectivity index (χ1v) is 9.05. The molecule has 0 amide bonds. The Morgan fingerprint density at radius 3 is 2.10 bits per heavy atom. The molecular formula is C23H24O6. The van der Waals surface area contributed by atoms with Crippen LogP contribution < -0.4 is 18.9 Å². The van der Waals surface area contributed by atoms with Crippen molar-refractivity contribution in [3.63, 3.8) is 0 Å². The highest BCUT2D eigenvalue weighted by molar-refractivity contribution is 6.07. The number of rotatable bonds is 7. The molecule has 0 saturated heterocycles. The predicted octanol–water partition coefficient (Wildman–Crippen LogP) is 4.52. The van der Waals surface area contributed by atoms with Gasteiger partial charge >= 0.3 is 5.97 Å². The maximum atomic E-state index is 11.4. The first kappa shape index (κ1) is 20.3. The van der Waals surface area contributed by atoms with Crippen LogP contribution in [0.3, 0.4) is 0 Å². The van der Waals surface area contributed by atoms with Crippen molar-refractivity contribution in [2.75, 3.05) is 28.4 Å². The van der Waals surface area contributed by atoms with E-state index in [1.54, 1.807) is 28.4 Å². The second-order valence-electron chi connectivity index (χ2n) is 6.60. The Morgan fingerprint density at radius 2 is 1.59 bits per heavy atom. The molecule has 0 heterocycles. The maximum absolute atomic E-state index is 11.4. The van der Waals surface area contributed by atoms with Gasteiger partial charge in [0.05, 0.1) is 34.9 Å². The molecule has 0 aliphatic heterocycles. The highest BCUT2D eigenvalue weighted by Gasteiger charge is 2.26. The highest BCUT2D eigenvalue weighted by Crippen LogP contribution is 2.46. The molecule has 0 atom stereocenters. The Morgan fingerprint density at radius 1 is 0.931 bits per heavy atom. The lowest BCUT2D eigenvalue weighted by atomic mass is 10.00. The third-order valence-corrected chi connectivity index (χ3v) is 5.02. The fourth-order valence-corrected chi connectivity index (χ4v) is 3.62. The summed E-state index contributed by atoms with van der Waals surface area (Å²) in [5.41, 5.74) is 5.35. The van der Waals surface area contributed by atoms with E-state index in [1.165, 1.54) is 0 Å². The summed E-state index contributed by atoms with van der Waals surface area (Å²) in [5.74, 6) is 1.47. The minimum atomic E-state index is -0.866. The molecule has 2 aromatic rings. The van der Waals surface area contributed by atoms with Crippen LogP contribution >= 0.6 is 0 Å². The molecule has 6 nitrogen and oxygen atoms in total. The minimum absolute atomic E-state index is 0.0439. The van der Waals surface area contributed by atoms with Gasteiger partial charge in [-0.2, -0.15) is 0 Å². The fraction of sp³-hybridized carbons (Fsp3) is 0.261. The van der Waals surface area contributed by atoms with Crippen LogP contribution in [0.1, 0.15) is 30.0 Å². The summed E-state index contributed by atoms with van der Waals surface area (Å²) in [7, 11) is 6.31. The third-order valence-electron chi connectivity index (χ3n) is 5.02. The van der Waals surface area contributed by atoms with Gasteiger partial charge in [0.2, 0.25) is 5.75 Å². The van der Waals surface area contributed by atoms with Gasteiger partial charge in [0.15, 0.2) is 11.5 Å². The monoisotopic (exact) mass is 396 g/mol. The van der Waals surface area contributed by atoms with Gasteiger partial charge in [0, 0.05) is 0 Å². The number of hydrogen-bond donors (Lipinski definition) is 1. The van der Waals surface area contributed by atoms with Crippen molar-refractivity contribution in [2.24, 2.45) is 0 Å². The first-order chi connectivity index (χ1) is 13.9. The first-order valence-electron chi connectivity index (χ1n) is 9.05. The number of carboxylic acid groups (broad SMARTS) is 1. The lowest BCUT2D eigenvalue weighted by Crippen LogP contribution is -1.97. The molecule has 1 aliphatic rings. The SMILES string of the molecule is COc1ccc2c(c1)/C(=C\c1cc(OC)c(OC)c(OC)c1)C(C)=C2CC(=O)O. The number of fused-ring (bicyclic) bond motifs is 1. The second-order valence-corrected chi connectivity index (χ2v) is 6.60. The molecular weight excluding hydrogens is 372 g/mol. The van der Waals surface area contributed by atoms with Gasteiger partial charge in [-0.15, -0.1) is 0 Å². The third kappa shape index (κ3) is 3.78. The molecule has 3 rings (SSSR count). The van der Waals surface area contributed by atoms with E-state index >= 15 is 0 Å². The van der Waals surface area contributed by atoms with Crippen LogP contribution in [0.25, 0.3) is 17.2 Å². The standard InChI is InChI=1S/C23H24O6/c1-13-17(8-14-9-20(27-3)23(29-5)21(10-14)28-4)19-11-15(26-2)6-7-16(19)18(13)12-22(24)25/h6-11H,12H2,1-5H3,(H,24,25)/b17-8-. The number of benzene rings is 2. The zero-order valence-corrected chi connectivity index (χ0v) is 17.2. The van der Waals surface area contributed by atoms with Crippen molar-refractivity contribution < 1.29 is 28.8 Å². The van der Waals surface area contributed by atoms with E-state index in [0.29, 0.717) is 23.0 Å². The molecule has 0 unspecified atom stereocenters. The van der Waals surface area contributed by atoms with E-state index in [0.717, 1.165) is 33.4 Å². The van der Waals surface area contributed by atoms with Crippen molar-refractivity contribution in [3.8, 4) is 23.0 Å². The molecule has 0 saturated carbocycles. The Bertz CT molecular complexity index is 991. The van der Waals surface area contributed by atoms with Crippen molar-refractivity contribution in [2.45, 2.75) is 13.3 Å². The van der Waals surface area contributed by atoms with Crippen LogP contribution in [0.4, 0.5) is 0 Å². The molecule has 29 heavy (non-hydrogen) atoms. The average molecular weight is 396 g/mol.